The number of ether oxygens (including phenoxy) is 1. The summed E-state index contributed by atoms with van der Waals surface area (Å²) in [6, 6.07) is 17.5. The van der Waals surface area contributed by atoms with Crippen LogP contribution in [0.2, 0.25) is 0 Å². The fraction of sp³-hybridized carbons (Fsp3) is 0.333. The number of allylic oxidation sites excluding steroid dienone is 2. The van der Waals surface area contributed by atoms with Gasteiger partial charge in [0, 0.05) is 16.4 Å². The van der Waals surface area contributed by atoms with Gasteiger partial charge in [0.05, 0.1) is 42.5 Å². The minimum Gasteiger partial charge on any atom is -0.508 e. The van der Waals surface area contributed by atoms with Gasteiger partial charge >= 0.3 is 0 Å². The van der Waals surface area contributed by atoms with Gasteiger partial charge in [-0.2, -0.15) is 0 Å². The first kappa shape index (κ1) is 26.6. The van der Waals surface area contributed by atoms with Crippen molar-refractivity contribution in [1.82, 2.24) is 4.90 Å². The largest absolute Gasteiger partial charge is 0.508 e. The van der Waals surface area contributed by atoms with E-state index in [4.69, 9.17) is 4.74 Å². The number of thiophene rings is 1. The number of para-hydroxylation sites is 1. The summed E-state index contributed by atoms with van der Waals surface area (Å²) in [4.78, 5) is 59.7. The number of amides is 4. The van der Waals surface area contributed by atoms with E-state index in [-0.39, 0.29) is 42.3 Å². The Labute approximate surface area is 247 Å². The molecule has 6 unspecified atom stereocenters. The highest BCUT2D eigenvalue weighted by atomic mass is 32.1. The summed E-state index contributed by atoms with van der Waals surface area (Å²) in [5.74, 6) is -3.65. The van der Waals surface area contributed by atoms with Gasteiger partial charge in [-0.3, -0.25) is 24.1 Å². The number of nitrogens with zero attached hydrogens (tertiary/aromatic N) is 2. The smallest absolute Gasteiger partial charge is 0.241 e. The minimum absolute atomic E-state index is 0.0176. The van der Waals surface area contributed by atoms with Crippen LogP contribution >= 0.6 is 11.3 Å². The first-order valence-corrected chi connectivity index (χ1v) is 15.0. The van der Waals surface area contributed by atoms with Gasteiger partial charge in [-0.15, -0.1) is 11.3 Å². The lowest BCUT2D eigenvalue weighted by Gasteiger charge is -2.49. The van der Waals surface area contributed by atoms with Crippen molar-refractivity contribution in [3.63, 3.8) is 0 Å². The van der Waals surface area contributed by atoms with Gasteiger partial charge in [-0.05, 0) is 67.5 Å². The number of imide groups is 2. The van der Waals surface area contributed by atoms with E-state index in [2.05, 4.69) is 0 Å². The molecule has 3 heterocycles. The Morgan fingerprint density at radius 3 is 2.48 bits per heavy atom. The molecule has 9 heteroatoms. The second kappa shape index (κ2) is 9.66. The summed E-state index contributed by atoms with van der Waals surface area (Å²) in [7, 11) is 1.53. The zero-order valence-corrected chi connectivity index (χ0v) is 24.0. The first-order valence-electron chi connectivity index (χ1n) is 14.1. The molecule has 3 aromatic rings. The number of likely N-dealkylation sites (tertiary alicyclic amines) is 1. The summed E-state index contributed by atoms with van der Waals surface area (Å²) in [5, 5.41) is 13.1. The van der Waals surface area contributed by atoms with Crippen LogP contribution in [0.1, 0.15) is 36.1 Å². The first-order chi connectivity index (χ1) is 20.3. The number of rotatable bonds is 5. The Bertz CT molecular complexity index is 1650. The van der Waals surface area contributed by atoms with Crippen LogP contribution in [-0.4, -0.2) is 40.7 Å². The van der Waals surface area contributed by atoms with E-state index in [1.807, 2.05) is 29.7 Å². The molecule has 7 rings (SSSR count). The third kappa shape index (κ3) is 3.65. The normalized spacial score (nSPS) is 30.2. The Hall–Kier alpha value is -4.24. The molecular formula is C33H30N2O6S. The Morgan fingerprint density at radius 2 is 1.76 bits per heavy atom. The monoisotopic (exact) mass is 582 g/mol. The summed E-state index contributed by atoms with van der Waals surface area (Å²) >= 11 is 1.50. The number of anilines is 1. The average molecular weight is 583 g/mol. The molecule has 0 radical (unpaired) electrons. The number of phenols is 1. The quantitative estimate of drug-likeness (QED) is 0.339. The number of aromatic hydroxyl groups is 1. The van der Waals surface area contributed by atoms with Crippen molar-refractivity contribution in [2.24, 2.45) is 29.1 Å². The van der Waals surface area contributed by atoms with Gasteiger partial charge < -0.3 is 9.84 Å². The molecule has 3 fully saturated rings. The molecule has 1 aromatic heterocycles. The molecule has 2 aliphatic heterocycles. The standard InChI is InChI=1S/C33H30N2O6S/c1-33-25(30(38)35(32(33)40)18-7-4-3-5-8-18)16-23-21(28(33)24-15-19(41-2)10-13-26(24)36)11-12-22-27(23)31(39)34(29(22)37)17-20-9-6-14-42-20/h3-11,13-15,22-23,25,27-28,36H,12,16-17H2,1-2H3. The zero-order chi connectivity index (χ0) is 29.3. The number of fused-ring (bicyclic) bond motifs is 4. The van der Waals surface area contributed by atoms with E-state index in [1.54, 1.807) is 43.3 Å². The zero-order valence-electron chi connectivity index (χ0n) is 23.2. The Morgan fingerprint density at radius 1 is 0.976 bits per heavy atom. The molecule has 1 saturated carbocycles. The van der Waals surface area contributed by atoms with E-state index in [0.717, 1.165) is 10.5 Å². The van der Waals surface area contributed by atoms with Crippen molar-refractivity contribution >= 4 is 40.7 Å². The highest BCUT2D eigenvalue weighted by Gasteiger charge is 2.67. The van der Waals surface area contributed by atoms with Crippen LogP contribution in [0.15, 0.2) is 77.7 Å². The maximum Gasteiger partial charge on any atom is 0.241 e. The summed E-state index contributed by atoms with van der Waals surface area (Å²) in [5.41, 5.74) is 0.558. The van der Waals surface area contributed by atoms with Crippen molar-refractivity contribution in [2.75, 3.05) is 12.0 Å². The lowest BCUT2D eigenvalue weighted by Crippen LogP contribution is -2.48. The maximum atomic E-state index is 14.4. The van der Waals surface area contributed by atoms with E-state index in [1.165, 1.54) is 34.3 Å². The summed E-state index contributed by atoms with van der Waals surface area (Å²) < 4.78 is 5.49. The number of hydrogen-bond acceptors (Lipinski definition) is 7. The predicted molar refractivity (Wildman–Crippen MR) is 156 cm³/mol. The molecular weight excluding hydrogens is 552 g/mol. The predicted octanol–water partition coefficient (Wildman–Crippen LogP) is 4.89. The molecule has 214 valence electrons. The summed E-state index contributed by atoms with van der Waals surface area (Å²) in [6.45, 7) is 2.03. The fourth-order valence-corrected chi connectivity index (χ4v) is 8.55. The van der Waals surface area contributed by atoms with Crippen LogP contribution in [0.3, 0.4) is 0 Å². The molecule has 42 heavy (non-hydrogen) atoms. The third-order valence-corrected chi connectivity index (χ3v) is 10.7. The molecule has 6 atom stereocenters. The minimum atomic E-state index is -1.23. The number of carbonyl (C=O) groups excluding carboxylic acids is 4. The van der Waals surface area contributed by atoms with Crippen LogP contribution < -0.4 is 9.64 Å². The average Bonchev–Trinajstić information content (AvgIpc) is 3.65. The molecule has 2 aliphatic carbocycles. The van der Waals surface area contributed by atoms with Gasteiger partial charge in [0.2, 0.25) is 23.6 Å². The van der Waals surface area contributed by atoms with Crippen LogP contribution in [0.5, 0.6) is 11.5 Å². The third-order valence-electron chi connectivity index (χ3n) is 9.82. The van der Waals surface area contributed by atoms with E-state index < -0.39 is 35.0 Å². The van der Waals surface area contributed by atoms with Crippen molar-refractivity contribution in [3.8, 4) is 11.5 Å². The molecule has 1 N–H and O–H groups in total. The Balaban J connectivity index is 1.37. The van der Waals surface area contributed by atoms with E-state index in [9.17, 15) is 24.3 Å². The molecule has 2 aromatic carbocycles. The van der Waals surface area contributed by atoms with Crippen LogP contribution in [-0.2, 0) is 25.7 Å². The van der Waals surface area contributed by atoms with Gasteiger partial charge in [0.15, 0.2) is 0 Å². The molecule has 0 spiro atoms. The van der Waals surface area contributed by atoms with Crippen LogP contribution in [0.4, 0.5) is 5.69 Å². The van der Waals surface area contributed by atoms with Crippen LogP contribution in [0.25, 0.3) is 0 Å². The SMILES string of the molecule is COc1ccc(O)c(C2C3=CCC4C(=O)N(Cc5cccs5)C(=O)C4C3CC3C(=O)N(c4ccccc4)C(=O)C32C)c1. The van der Waals surface area contributed by atoms with E-state index >= 15 is 0 Å². The van der Waals surface area contributed by atoms with Crippen molar-refractivity contribution < 1.29 is 29.0 Å². The second-order valence-corrected chi connectivity index (χ2v) is 12.8. The lowest BCUT2D eigenvalue weighted by atomic mass is 9.51. The number of hydrogen-bond donors (Lipinski definition) is 1. The molecule has 4 amide bonds. The molecule has 8 nitrogen and oxygen atoms in total. The topological polar surface area (TPSA) is 104 Å². The van der Waals surface area contributed by atoms with Gasteiger partial charge in [-0.1, -0.05) is 35.9 Å². The number of carbonyl (C=O) groups is 4. The fourth-order valence-electron chi connectivity index (χ4n) is 7.85. The van der Waals surface area contributed by atoms with Crippen molar-refractivity contribution in [1.29, 1.82) is 0 Å². The number of phenolic OH excluding ortho intramolecular Hbond substituents is 1. The maximum absolute atomic E-state index is 14.4. The molecule has 0 bridgehead atoms. The van der Waals surface area contributed by atoms with Crippen molar-refractivity contribution in [2.45, 2.75) is 32.2 Å². The highest BCUT2D eigenvalue weighted by molar-refractivity contribution is 7.09. The van der Waals surface area contributed by atoms with Gasteiger partial charge in [-0.25, -0.2) is 4.90 Å². The number of methoxy groups -OCH3 is 1. The van der Waals surface area contributed by atoms with E-state index in [0.29, 0.717) is 23.4 Å². The highest BCUT2D eigenvalue weighted by Crippen LogP contribution is 2.64. The van der Waals surface area contributed by atoms with Crippen molar-refractivity contribution in [3.05, 3.63) is 88.1 Å². The van der Waals surface area contributed by atoms with Crippen LogP contribution in [0, 0.1) is 29.1 Å². The van der Waals surface area contributed by atoms with Gasteiger partial charge in [0.1, 0.15) is 11.5 Å². The molecule has 2 saturated heterocycles. The molecule has 4 aliphatic rings. The second-order valence-electron chi connectivity index (χ2n) is 11.8. The Kier molecular flexibility index (Phi) is 6.13. The summed E-state index contributed by atoms with van der Waals surface area (Å²) in [6.07, 6.45) is 2.61. The number of benzene rings is 2. The van der Waals surface area contributed by atoms with Gasteiger partial charge in [0.25, 0.3) is 0 Å². The lowest BCUT2D eigenvalue weighted by molar-refractivity contribution is -0.141.